The summed E-state index contributed by atoms with van der Waals surface area (Å²) in [5, 5.41) is 11.6. The number of carboxylic acids is 1. The third-order valence-corrected chi connectivity index (χ3v) is 3.34. The predicted molar refractivity (Wildman–Crippen MR) is 83.5 cm³/mol. The number of carbonyl (C=O) groups excluding carboxylic acids is 1. The van der Waals surface area contributed by atoms with E-state index in [0.29, 0.717) is 6.42 Å². The number of carboxylic acid groups (broad SMARTS) is 1. The second-order valence-electron chi connectivity index (χ2n) is 5.69. The number of rotatable bonds is 7. The molecule has 0 heterocycles. The molecular weight excluding hydrogens is 268 g/mol. The molecule has 0 bridgehead atoms. The Kier molecular flexibility index (Phi) is 6.21. The van der Waals surface area contributed by atoms with Gasteiger partial charge in [-0.05, 0) is 30.0 Å². The summed E-state index contributed by atoms with van der Waals surface area (Å²) in [5.41, 5.74) is 2.17. The molecule has 0 radical (unpaired) electrons. The third kappa shape index (κ3) is 5.45. The molecule has 0 saturated carbocycles. The van der Waals surface area contributed by atoms with Gasteiger partial charge in [0, 0.05) is 26.2 Å². The maximum absolute atomic E-state index is 11.8. The summed E-state index contributed by atoms with van der Waals surface area (Å²) < 4.78 is 0. The van der Waals surface area contributed by atoms with Gasteiger partial charge in [-0.25, -0.2) is 4.79 Å². The molecule has 0 aromatic heterocycles. The molecule has 0 aliphatic heterocycles. The fourth-order valence-corrected chi connectivity index (χ4v) is 1.98. The Morgan fingerprint density at radius 3 is 2.19 bits per heavy atom. The van der Waals surface area contributed by atoms with Crippen LogP contribution in [-0.2, 0) is 16.0 Å². The summed E-state index contributed by atoms with van der Waals surface area (Å²) in [6.07, 6.45) is 0.891. The van der Waals surface area contributed by atoms with Gasteiger partial charge in [0.25, 0.3) is 0 Å². The maximum Gasteiger partial charge on any atom is 0.326 e. The molecule has 5 heteroatoms. The van der Waals surface area contributed by atoms with Crippen LogP contribution in [0.3, 0.4) is 0 Å². The monoisotopic (exact) mass is 292 g/mol. The molecular formula is C16H24N2O3. The van der Waals surface area contributed by atoms with Gasteiger partial charge in [-0.2, -0.15) is 0 Å². The van der Waals surface area contributed by atoms with Crippen LogP contribution in [0, 0.1) is 5.92 Å². The van der Waals surface area contributed by atoms with Crippen LogP contribution in [-0.4, -0.2) is 37.1 Å². The first-order valence-corrected chi connectivity index (χ1v) is 7.09. The first kappa shape index (κ1) is 17.0. The molecule has 1 rings (SSSR count). The van der Waals surface area contributed by atoms with Crippen molar-refractivity contribution >= 4 is 17.6 Å². The summed E-state index contributed by atoms with van der Waals surface area (Å²) in [5.74, 6) is -1.35. The normalized spacial score (nSPS) is 12.0. The van der Waals surface area contributed by atoms with E-state index in [1.165, 1.54) is 0 Å². The van der Waals surface area contributed by atoms with E-state index in [2.05, 4.69) is 5.32 Å². The smallest absolute Gasteiger partial charge is 0.326 e. The molecule has 0 unspecified atom stereocenters. The van der Waals surface area contributed by atoms with Gasteiger partial charge in [0.2, 0.25) is 5.91 Å². The van der Waals surface area contributed by atoms with Crippen LogP contribution in [0.15, 0.2) is 24.3 Å². The summed E-state index contributed by atoms with van der Waals surface area (Å²) in [6.45, 7) is 3.55. The molecule has 5 nitrogen and oxygen atoms in total. The number of anilines is 1. The third-order valence-electron chi connectivity index (χ3n) is 3.34. The minimum atomic E-state index is -0.992. The summed E-state index contributed by atoms with van der Waals surface area (Å²) >= 11 is 0. The molecule has 1 aromatic rings. The van der Waals surface area contributed by atoms with Crippen molar-refractivity contribution in [3.8, 4) is 0 Å². The number of amides is 1. The zero-order valence-electron chi connectivity index (χ0n) is 13.1. The molecule has 1 atom stereocenters. The minimum Gasteiger partial charge on any atom is -0.480 e. The zero-order chi connectivity index (χ0) is 16.0. The molecule has 116 valence electrons. The number of nitrogens with one attached hydrogen (secondary N) is 1. The van der Waals surface area contributed by atoms with E-state index in [-0.39, 0.29) is 18.2 Å². The molecule has 1 amide bonds. The highest BCUT2D eigenvalue weighted by molar-refractivity contribution is 5.83. The first-order chi connectivity index (χ1) is 9.81. The lowest BCUT2D eigenvalue weighted by Gasteiger charge is -2.18. The van der Waals surface area contributed by atoms with E-state index in [1.807, 2.05) is 43.3 Å². The van der Waals surface area contributed by atoms with Crippen LogP contribution in [0.5, 0.6) is 0 Å². The van der Waals surface area contributed by atoms with Crippen molar-refractivity contribution in [2.75, 3.05) is 19.0 Å². The van der Waals surface area contributed by atoms with Crippen molar-refractivity contribution in [2.24, 2.45) is 5.92 Å². The van der Waals surface area contributed by atoms with Gasteiger partial charge in [0.05, 0.1) is 0 Å². The number of hydrogen-bond acceptors (Lipinski definition) is 3. The highest BCUT2D eigenvalue weighted by atomic mass is 16.4. The highest BCUT2D eigenvalue weighted by Gasteiger charge is 2.22. The van der Waals surface area contributed by atoms with Gasteiger partial charge in [-0.3, -0.25) is 4.79 Å². The van der Waals surface area contributed by atoms with Crippen molar-refractivity contribution in [1.82, 2.24) is 5.32 Å². The number of nitrogens with zero attached hydrogens (tertiary/aromatic N) is 1. The van der Waals surface area contributed by atoms with Gasteiger partial charge in [0.1, 0.15) is 6.04 Å². The summed E-state index contributed by atoms with van der Waals surface area (Å²) in [7, 11) is 3.95. The number of hydrogen-bond donors (Lipinski definition) is 2. The van der Waals surface area contributed by atoms with E-state index in [0.717, 1.165) is 11.3 Å². The standard InChI is InChI=1S/C16H24N2O3/c1-11(2)15(16(20)21)17-14(19)10-7-12-5-8-13(9-6-12)18(3)4/h5-6,8-9,11,15H,7,10H2,1-4H3,(H,17,19)(H,20,21)/t15-/m1/s1. The van der Waals surface area contributed by atoms with Gasteiger partial charge < -0.3 is 15.3 Å². The summed E-state index contributed by atoms with van der Waals surface area (Å²) in [4.78, 5) is 24.9. The molecule has 2 N–H and O–H groups in total. The second kappa shape index (κ2) is 7.67. The SMILES string of the molecule is CC(C)[C@@H](NC(=O)CCc1ccc(N(C)C)cc1)C(=O)O. The van der Waals surface area contributed by atoms with Gasteiger partial charge >= 0.3 is 5.97 Å². The fraction of sp³-hybridized carbons (Fsp3) is 0.500. The molecule has 1 aromatic carbocycles. The van der Waals surface area contributed by atoms with E-state index in [1.54, 1.807) is 13.8 Å². The van der Waals surface area contributed by atoms with Crippen LogP contribution < -0.4 is 10.2 Å². The second-order valence-corrected chi connectivity index (χ2v) is 5.69. The number of carbonyl (C=O) groups is 2. The molecule has 0 aliphatic rings. The fourth-order valence-electron chi connectivity index (χ4n) is 1.98. The molecule has 21 heavy (non-hydrogen) atoms. The van der Waals surface area contributed by atoms with Crippen molar-refractivity contribution in [3.05, 3.63) is 29.8 Å². The molecule has 0 saturated heterocycles. The average molecular weight is 292 g/mol. The van der Waals surface area contributed by atoms with Crippen LogP contribution in [0.2, 0.25) is 0 Å². The zero-order valence-corrected chi connectivity index (χ0v) is 13.1. The quantitative estimate of drug-likeness (QED) is 0.805. The highest BCUT2D eigenvalue weighted by Crippen LogP contribution is 2.13. The van der Waals surface area contributed by atoms with E-state index >= 15 is 0 Å². The molecule has 0 fully saturated rings. The first-order valence-electron chi connectivity index (χ1n) is 7.09. The van der Waals surface area contributed by atoms with Crippen LogP contribution in [0.4, 0.5) is 5.69 Å². The Morgan fingerprint density at radius 1 is 1.19 bits per heavy atom. The minimum absolute atomic E-state index is 0.133. The Bertz CT molecular complexity index is 481. The lowest BCUT2D eigenvalue weighted by atomic mass is 10.0. The summed E-state index contributed by atoms with van der Waals surface area (Å²) in [6, 6.07) is 7.15. The van der Waals surface area contributed by atoms with Crippen LogP contribution in [0.25, 0.3) is 0 Å². The van der Waals surface area contributed by atoms with Crippen molar-refractivity contribution < 1.29 is 14.7 Å². The molecule has 0 aliphatic carbocycles. The Balaban J connectivity index is 2.51. The van der Waals surface area contributed by atoms with E-state index < -0.39 is 12.0 Å². The largest absolute Gasteiger partial charge is 0.480 e. The lowest BCUT2D eigenvalue weighted by Crippen LogP contribution is -2.44. The molecule has 0 spiro atoms. The predicted octanol–water partition coefficient (Wildman–Crippen LogP) is 1.91. The average Bonchev–Trinajstić information content (AvgIpc) is 2.42. The van der Waals surface area contributed by atoms with Gasteiger partial charge in [0.15, 0.2) is 0 Å². The number of aryl methyl sites for hydroxylation is 1. The van der Waals surface area contributed by atoms with Crippen LogP contribution in [0.1, 0.15) is 25.8 Å². The Hall–Kier alpha value is -2.04. The van der Waals surface area contributed by atoms with Gasteiger partial charge in [-0.15, -0.1) is 0 Å². The van der Waals surface area contributed by atoms with Crippen molar-refractivity contribution in [2.45, 2.75) is 32.7 Å². The number of aliphatic carboxylic acids is 1. The maximum atomic E-state index is 11.8. The Labute approximate surface area is 126 Å². The lowest BCUT2D eigenvalue weighted by molar-refractivity contribution is -0.143. The van der Waals surface area contributed by atoms with E-state index in [9.17, 15) is 9.59 Å². The van der Waals surface area contributed by atoms with E-state index in [4.69, 9.17) is 5.11 Å². The van der Waals surface area contributed by atoms with Crippen molar-refractivity contribution in [3.63, 3.8) is 0 Å². The van der Waals surface area contributed by atoms with Gasteiger partial charge in [-0.1, -0.05) is 26.0 Å². The van der Waals surface area contributed by atoms with Crippen molar-refractivity contribution in [1.29, 1.82) is 0 Å². The Morgan fingerprint density at radius 2 is 1.76 bits per heavy atom. The van der Waals surface area contributed by atoms with Crippen LogP contribution >= 0.6 is 0 Å². The number of benzene rings is 1. The topological polar surface area (TPSA) is 69.6 Å².